The summed E-state index contributed by atoms with van der Waals surface area (Å²) in [6, 6.07) is 5.53. The van der Waals surface area contributed by atoms with Crippen molar-refractivity contribution >= 4 is 33.4 Å². The lowest BCUT2D eigenvalue weighted by atomic mass is 10.2. The van der Waals surface area contributed by atoms with E-state index in [1.807, 2.05) is 12.1 Å². The molecular formula is C10H8BrNO2. The number of imide groups is 1. The maximum atomic E-state index is 11.5. The summed E-state index contributed by atoms with van der Waals surface area (Å²) in [6.07, 6.45) is 0.322. The number of anilines is 1. The van der Waals surface area contributed by atoms with Gasteiger partial charge in [-0.3, -0.25) is 14.5 Å². The van der Waals surface area contributed by atoms with E-state index in [2.05, 4.69) is 15.9 Å². The van der Waals surface area contributed by atoms with Crippen molar-refractivity contribution in [3.63, 3.8) is 0 Å². The number of fused-ring (bicyclic) bond motifs is 1. The first-order chi connectivity index (χ1) is 6.59. The fourth-order valence-electron chi connectivity index (χ4n) is 1.62. The maximum Gasteiger partial charge on any atom is 0.238 e. The first-order valence-corrected chi connectivity index (χ1v) is 5.01. The molecule has 4 heteroatoms. The second-order valence-electron chi connectivity index (χ2n) is 3.20. The van der Waals surface area contributed by atoms with Crippen molar-refractivity contribution in [1.29, 1.82) is 0 Å². The lowest BCUT2D eigenvalue weighted by Crippen LogP contribution is -2.31. The second-order valence-corrected chi connectivity index (χ2v) is 4.11. The Morgan fingerprint density at radius 3 is 2.86 bits per heavy atom. The molecule has 0 atom stereocenters. The lowest BCUT2D eigenvalue weighted by Gasteiger charge is -2.12. The third-order valence-electron chi connectivity index (χ3n) is 2.19. The van der Waals surface area contributed by atoms with Crippen molar-refractivity contribution in [1.82, 2.24) is 0 Å². The monoisotopic (exact) mass is 253 g/mol. The maximum absolute atomic E-state index is 11.5. The van der Waals surface area contributed by atoms with Gasteiger partial charge in [-0.1, -0.05) is 22.0 Å². The zero-order valence-corrected chi connectivity index (χ0v) is 9.17. The average molecular weight is 254 g/mol. The molecule has 1 heterocycles. The summed E-state index contributed by atoms with van der Waals surface area (Å²) in [4.78, 5) is 23.9. The molecule has 72 valence electrons. The fourth-order valence-corrected chi connectivity index (χ4v) is 1.97. The smallest absolute Gasteiger partial charge is 0.238 e. The van der Waals surface area contributed by atoms with E-state index in [4.69, 9.17) is 0 Å². The van der Waals surface area contributed by atoms with Gasteiger partial charge in [0.2, 0.25) is 11.8 Å². The summed E-state index contributed by atoms with van der Waals surface area (Å²) >= 11 is 3.31. The molecule has 14 heavy (non-hydrogen) atoms. The molecule has 0 radical (unpaired) electrons. The summed E-state index contributed by atoms with van der Waals surface area (Å²) in [5.41, 5.74) is 1.62. The molecule has 0 unspecified atom stereocenters. The fraction of sp³-hybridized carbons (Fsp3) is 0.200. The van der Waals surface area contributed by atoms with Crippen LogP contribution in [0.1, 0.15) is 12.5 Å². The molecule has 0 N–H and O–H groups in total. The van der Waals surface area contributed by atoms with Crippen LogP contribution in [-0.2, 0) is 16.0 Å². The molecule has 0 fully saturated rings. The third kappa shape index (κ3) is 1.35. The SMILES string of the molecule is CC(=O)N1C(=O)Cc2ccc(Br)cc21. The molecule has 0 saturated carbocycles. The predicted molar refractivity (Wildman–Crippen MR) is 56.0 cm³/mol. The number of carbonyl (C=O) groups is 2. The van der Waals surface area contributed by atoms with Crippen LogP contribution in [0.4, 0.5) is 5.69 Å². The number of rotatable bonds is 0. The largest absolute Gasteiger partial charge is 0.274 e. The first kappa shape index (κ1) is 9.40. The number of hydrogen-bond acceptors (Lipinski definition) is 2. The zero-order valence-electron chi connectivity index (χ0n) is 7.58. The molecule has 1 aromatic rings. The van der Waals surface area contributed by atoms with Crippen molar-refractivity contribution in [2.24, 2.45) is 0 Å². The molecule has 3 nitrogen and oxygen atoms in total. The van der Waals surface area contributed by atoms with Gasteiger partial charge in [-0.25, -0.2) is 0 Å². The quantitative estimate of drug-likeness (QED) is 0.708. The van der Waals surface area contributed by atoms with Crippen molar-refractivity contribution in [3.05, 3.63) is 28.2 Å². The Morgan fingerprint density at radius 2 is 2.21 bits per heavy atom. The Morgan fingerprint density at radius 1 is 1.50 bits per heavy atom. The molecule has 0 aromatic heterocycles. The molecule has 0 saturated heterocycles. The van der Waals surface area contributed by atoms with Crippen molar-refractivity contribution in [2.45, 2.75) is 13.3 Å². The summed E-state index contributed by atoms with van der Waals surface area (Å²) in [6.45, 7) is 1.40. The predicted octanol–water partition coefficient (Wildman–Crippen LogP) is 1.88. The second kappa shape index (κ2) is 3.20. The highest BCUT2D eigenvalue weighted by Crippen LogP contribution is 2.31. The van der Waals surface area contributed by atoms with Crippen LogP contribution in [0.5, 0.6) is 0 Å². The van der Waals surface area contributed by atoms with E-state index in [1.165, 1.54) is 11.8 Å². The van der Waals surface area contributed by atoms with Crippen LogP contribution in [0.25, 0.3) is 0 Å². The molecule has 1 aliphatic heterocycles. The van der Waals surface area contributed by atoms with Gasteiger partial charge in [0.15, 0.2) is 0 Å². The van der Waals surface area contributed by atoms with E-state index in [-0.39, 0.29) is 11.8 Å². The molecular weight excluding hydrogens is 246 g/mol. The topological polar surface area (TPSA) is 37.4 Å². The van der Waals surface area contributed by atoms with Crippen LogP contribution in [-0.4, -0.2) is 11.8 Å². The number of nitrogens with zero attached hydrogens (tertiary/aromatic N) is 1. The summed E-state index contributed by atoms with van der Waals surface area (Å²) in [7, 11) is 0. The van der Waals surface area contributed by atoms with Crippen molar-refractivity contribution in [2.75, 3.05) is 4.90 Å². The normalized spacial score (nSPS) is 14.4. The minimum Gasteiger partial charge on any atom is -0.274 e. The van der Waals surface area contributed by atoms with Crippen LogP contribution in [0.3, 0.4) is 0 Å². The van der Waals surface area contributed by atoms with E-state index in [0.717, 1.165) is 10.0 Å². The standard InChI is InChI=1S/C10H8BrNO2/c1-6(13)12-9-5-8(11)3-2-7(9)4-10(12)14/h2-3,5H,4H2,1H3. The van der Waals surface area contributed by atoms with Crippen molar-refractivity contribution < 1.29 is 9.59 Å². The van der Waals surface area contributed by atoms with Crippen LogP contribution in [0.15, 0.2) is 22.7 Å². The number of carbonyl (C=O) groups excluding carboxylic acids is 2. The van der Waals surface area contributed by atoms with Gasteiger partial charge in [0.1, 0.15) is 0 Å². The number of benzene rings is 1. The Hall–Kier alpha value is -1.16. The van der Waals surface area contributed by atoms with Gasteiger partial charge in [-0.2, -0.15) is 0 Å². The van der Waals surface area contributed by atoms with Gasteiger partial charge in [-0.05, 0) is 17.7 Å². The molecule has 0 aliphatic carbocycles. The molecule has 2 amide bonds. The van der Waals surface area contributed by atoms with Crippen LogP contribution >= 0.6 is 15.9 Å². The van der Waals surface area contributed by atoms with E-state index >= 15 is 0 Å². The Balaban J connectivity index is 2.55. The van der Waals surface area contributed by atoms with Crippen LogP contribution < -0.4 is 4.90 Å². The van der Waals surface area contributed by atoms with Gasteiger partial charge in [0, 0.05) is 11.4 Å². The van der Waals surface area contributed by atoms with E-state index in [9.17, 15) is 9.59 Å². The van der Waals surface area contributed by atoms with E-state index < -0.39 is 0 Å². The number of hydrogen-bond donors (Lipinski definition) is 0. The molecule has 0 spiro atoms. The summed E-state index contributed by atoms with van der Waals surface area (Å²) < 4.78 is 0.872. The van der Waals surface area contributed by atoms with Crippen LogP contribution in [0.2, 0.25) is 0 Å². The van der Waals surface area contributed by atoms with Gasteiger partial charge < -0.3 is 0 Å². The van der Waals surface area contributed by atoms with E-state index in [1.54, 1.807) is 6.07 Å². The summed E-state index contributed by atoms with van der Waals surface area (Å²) in [5, 5.41) is 0. The summed E-state index contributed by atoms with van der Waals surface area (Å²) in [5.74, 6) is -0.377. The molecule has 1 aliphatic rings. The minimum absolute atomic E-state index is 0.148. The molecule has 1 aromatic carbocycles. The number of amides is 2. The molecule has 2 rings (SSSR count). The Labute approximate surface area is 89.8 Å². The minimum atomic E-state index is -0.230. The highest BCUT2D eigenvalue weighted by molar-refractivity contribution is 9.10. The van der Waals surface area contributed by atoms with Crippen LogP contribution in [0, 0.1) is 0 Å². The van der Waals surface area contributed by atoms with Gasteiger partial charge in [-0.15, -0.1) is 0 Å². The van der Waals surface area contributed by atoms with Gasteiger partial charge in [0.25, 0.3) is 0 Å². The van der Waals surface area contributed by atoms with Crippen molar-refractivity contribution in [3.8, 4) is 0 Å². The highest BCUT2D eigenvalue weighted by Gasteiger charge is 2.29. The first-order valence-electron chi connectivity index (χ1n) is 4.21. The zero-order chi connectivity index (χ0) is 10.3. The third-order valence-corrected chi connectivity index (χ3v) is 2.69. The van der Waals surface area contributed by atoms with Gasteiger partial charge >= 0.3 is 0 Å². The molecule has 0 bridgehead atoms. The number of halogens is 1. The Bertz CT molecular complexity index is 428. The Kier molecular flexibility index (Phi) is 2.15. The van der Waals surface area contributed by atoms with E-state index in [0.29, 0.717) is 12.1 Å². The van der Waals surface area contributed by atoms with Gasteiger partial charge in [0.05, 0.1) is 12.1 Å². The lowest BCUT2D eigenvalue weighted by molar-refractivity contribution is -0.124. The average Bonchev–Trinajstić information content (AvgIpc) is 2.40. The highest BCUT2D eigenvalue weighted by atomic mass is 79.9.